The maximum Gasteiger partial charge on any atom is 0.339 e. The molecule has 0 aliphatic heterocycles. The summed E-state index contributed by atoms with van der Waals surface area (Å²) in [5.41, 5.74) is 3.41. The van der Waals surface area contributed by atoms with E-state index in [9.17, 15) is 9.59 Å². The Balaban J connectivity index is 1.48. The van der Waals surface area contributed by atoms with E-state index in [4.69, 9.17) is 20.9 Å². The van der Waals surface area contributed by atoms with Crippen LogP contribution < -0.4 is 5.32 Å². The Hall–Kier alpha value is -2.93. The van der Waals surface area contributed by atoms with Gasteiger partial charge in [0.25, 0.3) is 11.6 Å². The van der Waals surface area contributed by atoms with Crippen molar-refractivity contribution in [1.82, 2.24) is 10.1 Å². The number of nitrogens with one attached hydrogen (secondary N) is 1. The lowest BCUT2D eigenvalue weighted by molar-refractivity contribution is -0.119. The maximum absolute atomic E-state index is 12.6. The second kappa shape index (κ2) is 7.24. The monoisotopic (exact) mass is 399 g/mol. The van der Waals surface area contributed by atoms with E-state index in [-0.39, 0.29) is 0 Å². The van der Waals surface area contributed by atoms with Crippen LogP contribution in [0, 0.1) is 13.8 Å². The molecule has 0 spiro atoms. The Morgan fingerprint density at radius 2 is 2.07 bits per heavy atom. The third-order valence-electron chi connectivity index (χ3n) is 4.64. The van der Waals surface area contributed by atoms with E-state index in [1.807, 2.05) is 6.92 Å². The first-order chi connectivity index (χ1) is 13.4. The third kappa shape index (κ3) is 3.71. The topological polar surface area (TPSA) is 94.3 Å². The number of anilines is 1. The van der Waals surface area contributed by atoms with Gasteiger partial charge in [-0.2, -0.15) is 0 Å². The molecule has 1 saturated carbocycles. The number of aromatic nitrogens is 2. The van der Waals surface area contributed by atoms with Gasteiger partial charge in [-0.25, -0.2) is 9.78 Å². The van der Waals surface area contributed by atoms with Crippen LogP contribution in [0.4, 0.5) is 5.69 Å². The molecule has 0 radical (unpaired) electrons. The largest absolute Gasteiger partial charge is 0.452 e. The Labute approximate surface area is 166 Å². The zero-order valence-electron chi connectivity index (χ0n) is 15.4. The zero-order chi connectivity index (χ0) is 19.8. The average Bonchev–Trinajstić information content (AvgIpc) is 3.46. The summed E-state index contributed by atoms with van der Waals surface area (Å²) >= 11 is 6.05. The van der Waals surface area contributed by atoms with Crippen LogP contribution in [0.1, 0.15) is 46.1 Å². The van der Waals surface area contributed by atoms with Crippen molar-refractivity contribution in [2.75, 3.05) is 11.9 Å². The van der Waals surface area contributed by atoms with E-state index in [0.717, 1.165) is 24.1 Å². The molecule has 7 nitrogen and oxygen atoms in total. The van der Waals surface area contributed by atoms with Crippen molar-refractivity contribution in [1.29, 1.82) is 0 Å². The molecule has 0 saturated heterocycles. The number of rotatable bonds is 5. The minimum atomic E-state index is -0.613. The van der Waals surface area contributed by atoms with Crippen LogP contribution in [0.2, 0.25) is 5.02 Å². The van der Waals surface area contributed by atoms with Gasteiger partial charge < -0.3 is 14.6 Å². The van der Waals surface area contributed by atoms with Crippen molar-refractivity contribution in [3.8, 4) is 0 Å². The summed E-state index contributed by atoms with van der Waals surface area (Å²) in [5.74, 6) is -0.739. The van der Waals surface area contributed by atoms with Crippen molar-refractivity contribution in [3.05, 3.63) is 51.8 Å². The highest BCUT2D eigenvalue weighted by molar-refractivity contribution is 6.31. The second-order valence-corrected chi connectivity index (χ2v) is 7.31. The van der Waals surface area contributed by atoms with Gasteiger partial charge in [-0.15, -0.1) is 0 Å². The molecule has 1 amide bonds. The van der Waals surface area contributed by atoms with E-state index in [1.54, 1.807) is 31.2 Å². The lowest BCUT2D eigenvalue weighted by atomic mass is 10.1. The number of nitrogens with zero attached hydrogens (tertiary/aromatic N) is 2. The summed E-state index contributed by atoms with van der Waals surface area (Å²) in [5, 5.41) is 7.60. The number of halogens is 1. The van der Waals surface area contributed by atoms with Gasteiger partial charge in [-0.1, -0.05) is 22.8 Å². The van der Waals surface area contributed by atoms with Crippen LogP contribution in [-0.4, -0.2) is 28.6 Å². The van der Waals surface area contributed by atoms with Crippen molar-refractivity contribution < 1.29 is 18.8 Å². The number of ether oxygens (including phenoxy) is 1. The summed E-state index contributed by atoms with van der Waals surface area (Å²) in [6, 6.07) is 6.89. The van der Waals surface area contributed by atoms with E-state index in [2.05, 4.69) is 15.5 Å². The third-order valence-corrected chi connectivity index (χ3v) is 5.05. The van der Waals surface area contributed by atoms with Crippen molar-refractivity contribution in [2.24, 2.45) is 0 Å². The molecule has 0 bridgehead atoms. The van der Waals surface area contributed by atoms with Gasteiger partial charge in [-0.05, 0) is 50.5 Å². The second-order valence-electron chi connectivity index (χ2n) is 6.91. The van der Waals surface area contributed by atoms with E-state index >= 15 is 0 Å². The first-order valence-corrected chi connectivity index (χ1v) is 9.30. The number of fused-ring (bicyclic) bond motifs is 1. The minimum Gasteiger partial charge on any atom is -0.452 e. The molecule has 1 fully saturated rings. The molecule has 2 aromatic heterocycles. The molecule has 0 atom stereocenters. The lowest BCUT2D eigenvalue weighted by Gasteiger charge is -2.09. The van der Waals surface area contributed by atoms with Gasteiger partial charge in [0.2, 0.25) is 0 Å². The number of hydrogen-bond acceptors (Lipinski definition) is 6. The maximum atomic E-state index is 12.6. The number of aryl methyl sites for hydroxylation is 2. The highest BCUT2D eigenvalue weighted by Crippen LogP contribution is 2.40. The molecule has 0 unspecified atom stereocenters. The average molecular weight is 400 g/mol. The number of pyridine rings is 1. The highest BCUT2D eigenvalue weighted by Gasteiger charge is 2.29. The Bertz CT molecular complexity index is 1090. The Morgan fingerprint density at radius 3 is 2.79 bits per heavy atom. The van der Waals surface area contributed by atoms with Gasteiger partial charge in [-0.3, -0.25) is 4.79 Å². The predicted molar refractivity (Wildman–Crippen MR) is 104 cm³/mol. The Kier molecular flexibility index (Phi) is 4.77. The first-order valence-electron chi connectivity index (χ1n) is 8.92. The molecular weight excluding hydrogens is 382 g/mol. The van der Waals surface area contributed by atoms with Crippen molar-refractivity contribution in [2.45, 2.75) is 32.6 Å². The van der Waals surface area contributed by atoms with Crippen LogP contribution in [0.15, 0.2) is 28.8 Å². The summed E-state index contributed by atoms with van der Waals surface area (Å²) in [6.07, 6.45) is 2.06. The normalized spacial score (nSPS) is 13.5. The standard InChI is InChI=1S/C20H18ClN3O4/c1-10-3-6-13(7-15(10)21)22-17(25)9-27-20(26)14-8-16(12-4-5-12)23-19-18(14)11(2)24-28-19/h3,6-8,12H,4-5,9H2,1-2H3,(H,22,25). The Morgan fingerprint density at radius 1 is 1.29 bits per heavy atom. The summed E-state index contributed by atoms with van der Waals surface area (Å²) in [4.78, 5) is 29.2. The van der Waals surface area contributed by atoms with Gasteiger partial charge in [0, 0.05) is 22.3 Å². The zero-order valence-corrected chi connectivity index (χ0v) is 16.2. The molecule has 1 N–H and O–H groups in total. The highest BCUT2D eigenvalue weighted by atomic mass is 35.5. The van der Waals surface area contributed by atoms with Gasteiger partial charge in [0.15, 0.2) is 6.61 Å². The summed E-state index contributed by atoms with van der Waals surface area (Å²) in [6.45, 7) is 3.18. The van der Waals surface area contributed by atoms with Crippen LogP contribution in [0.25, 0.3) is 11.1 Å². The van der Waals surface area contributed by atoms with E-state index < -0.39 is 18.5 Å². The molecule has 144 valence electrons. The van der Waals surface area contributed by atoms with Crippen LogP contribution in [0.3, 0.4) is 0 Å². The number of carbonyl (C=O) groups is 2. The van der Waals surface area contributed by atoms with Gasteiger partial charge in [0.05, 0.1) is 16.6 Å². The smallest absolute Gasteiger partial charge is 0.339 e. The number of carbonyl (C=O) groups excluding carboxylic acids is 2. The number of benzene rings is 1. The quantitative estimate of drug-likeness (QED) is 0.647. The number of amides is 1. The predicted octanol–water partition coefficient (Wildman–Crippen LogP) is 4.17. The molecule has 2 heterocycles. The summed E-state index contributed by atoms with van der Waals surface area (Å²) in [7, 11) is 0. The molecule has 8 heteroatoms. The summed E-state index contributed by atoms with van der Waals surface area (Å²) < 4.78 is 10.4. The van der Waals surface area contributed by atoms with Gasteiger partial charge in [0.1, 0.15) is 0 Å². The van der Waals surface area contributed by atoms with E-state index in [1.165, 1.54) is 0 Å². The fourth-order valence-corrected chi connectivity index (χ4v) is 3.12. The fraction of sp³-hybridized carbons (Fsp3) is 0.300. The number of hydrogen-bond donors (Lipinski definition) is 1. The molecule has 28 heavy (non-hydrogen) atoms. The SMILES string of the molecule is Cc1ccc(NC(=O)COC(=O)c2cc(C3CC3)nc3onc(C)c23)cc1Cl. The van der Waals surface area contributed by atoms with Crippen LogP contribution in [-0.2, 0) is 9.53 Å². The minimum absolute atomic E-state index is 0.313. The van der Waals surface area contributed by atoms with Crippen molar-refractivity contribution in [3.63, 3.8) is 0 Å². The molecule has 4 rings (SSSR count). The van der Waals surface area contributed by atoms with Gasteiger partial charge >= 0.3 is 5.97 Å². The lowest BCUT2D eigenvalue weighted by Crippen LogP contribution is -2.21. The number of esters is 1. The van der Waals surface area contributed by atoms with E-state index in [0.29, 0.717) is 39.0 Å². The molecule has 1 aromatic carbocycles. The molecule has 3 aromatic rings. The van der Waals surface area contributed by atoms with Crippen molar-refractivity contribution >= 4 is 40.3 Å². The van der Waals surface area contributed by atoms with Crippen LogP contribution >= 0.6 is 11.6 Å². The molecule has 1 aliphatic rings. The van der Waals surface area contributed by atoms with Crippen LogP contribution in [0.5, 0.6) is 0 Å². The first kappa shape index (κ1) is 18.4. The molecule has 1 aliphatic carbocycles. The fourth-order valence-electron chi connectivity index (χ4n) is 2.94. The molecular formula is C20H18ClN3O4.